The molecule has 0 spiro atoms. The highest BCUT2D eigenvalue weighted by Gasteiger charge is 2.33. The minimum absolute atomic E-state index is 0. The first kappa shape index (κ1) is 17.3. The smallest absolute Gasteiger partial charge is 0.308 e. The average molecular weight is 314 g/mol. The highest BCUT2D eigenvalue weighted by molar-refractivity contribution is 5.85. The number of aryl methyl sites for hydroxylation is 1. The molecule has 116 valence electrons. The number of carbonyl (C=O) groups is 2. The number of aliphatic carboxylic acids is 1. The summed E-state index contributed by atoms with van der Waals surface area (Å²) in [6.45, 7) is 4.41. The van der Waals surface area contributed by atoms with Crippen molar-refractivity contribution >= 4 is 24.3 Å². The summed E-state index contributed by atoms with van der Waals surface area (Å²) in [5, 5.41) is 8.95. The van der Waals surface area contributed by atoms with E-state index in [1.165, 1.54) is 0 Å². The number of hydrogen-bond donors (Lipinski definition) is 1. The molecule has 1 saturated heterocycles. The van der Waals surface area contributed by atoms with Crippen molar-refractivity contribution < 1.29 is 19.4 Å². The minimum Gasteiger partial charge on any atom is -0.481 e. The largest absolute Gasteiger partial charge is 0.481 e. The van der Waals surface area contributed by atoms with Crippen molar-refractivity contribution in [1.82, 2.24) is 4.90 Å². The van der Waals surface area contributed by atoms with Crippen molar-refractivity contribution in [2.45, 2.75) is 26.4 Å². The zero-order valence-electron chi connectivity index (χ0n) is 12.1. The van der Waals surface area contributed by atoms with Gasteiger partial charge >= 0.3 is 5.97 Å². The maximum Gasteiger partial charge on any atom is 0.308 e. The molecule has 0 radical (unpaired) electrons. The van der Waals surface area contributed by atoms with E-state index in [0.29, 0.717) is 18.7 Å². The number of halogens is 1. The fourth-order valence-corrected chi connectivity index (χ4v) is 2.36. The van der Waals surface area contributed by atoms with Gasteiger partial charge in [-0.25, -0.2) is 0 Å². The Bertz CT molecular complexity index is 520. The van der Waals surface area contributed by atoms with E-state index in [4.69, 9.17) is 9.84 Å². The van der Waals surface area contributed by atoms with Gasteiger partial charge in [-0.3, -0.25) is 9.59 Å². The van der Waals surface area contributed by atoms with Gasteiger partial charge in [-0.05, 0) is 38.0 Å². The number of ether oxygens (including phenoxy) is 1. The van der Waals surface area contributed by atoms with Crippen molar-refractivity contribution in [3.8, 4) is 5.75 Å². The lowest BCUT2D eigenvalue weighted by Crippen LogP contribution is -2.39. The summed E-state index contributed by atoms with van der Waals surface area (Å²) in [6, 6.07) is 7.50. The topological polar surface area (TPSA) is 66.8 Å². The zero-order chi connectivity index (χ0) is 14.7. The van der Waals surface area contributed by atoms with E-state index in [-0.39, 0.29) is 24.9 Å². The van der Waals surface area contributed by atoms with Crippen molar-refractivity contribution in [3.05, 3.63) is 29.8 Å². The van der Waals surface area contributed by atoms with Gasteiger partial charge in [0.15, 0.2) is 6.10 Å². The zero-order valence-corrected chi connectivity index (χ0v) is 12.9. The van der Waals surface area contributed by atoms with Crippen LogP contribution in [0.15, 0.2) is 24.3 Å². The van der Waals surface area contributed by atoms with Crippen LogP contribution in [0.3, 0.4) is 0 Å². The summed E-state index contributed by atoms with van der Waals surface area (Å²) < 4.78 is 5.63. The molecule has 2 rings (SSSR count). The van der Waals surface area contributed by atoms with Crippen LogP contribution in [0.4, 0.5) is 0 Å². The van der Waals surface area contributed by atoms with Crippen LogP contribution in [0.5, 0.6) is 5.75 Å². The van der Waals surface area contributed by atoms with E-state index < -0.39 is 18.0 Å². The lowest BCUT2D eigenvalue weighted by Gasteiger charge is -2.21. The van der Waals surface area contributed by atoms with Crippen LogP contribution in [0, 0.1) is 12.8 Å². The Morgan fingerprint density at radius 2 is 2.14 bits per heavy atom. The summed E-state index contributed by atoms with van der Waals surface area (Å²) in [7, 11) is 0. The third kappa shape index (κ3) is 4.36. The van der Waals surface area contributed by atoms with Crippen LogP contribution in [-0.4, -0.2) is 41.1 Å². The van der Waals surface area contributed by atoms with Crippen molar-refractivity contribution in [1.29, 1.82) is 0 Å². The molecule has 1 aromatic carbocycles. The Morgan fingerprint density at radius 3 is 2.71 bits per heavy atom. The predicted molar refractivity (Wildman–Crippen MR) is 80.8 cm³/mol. The van der Waals surface area contributed by atoms with Gasteiger partial charge in [-0.1, -0.05) is 12.1 Å². The Kier molecular flexibility index (Phi) is 6.03. The highest BCUT2D eigenvalue weighted by atomic mass is 35.5. The molecule has 0 bridgehead atoms. The van der Waals surface area contributed by atoms with Crippen LogP contribution in [-0.2, 0) is 9.59 Å². The summed E-state index contributed by atoms with van der Waals surface area (Å²) in [4.78, 5) is 24.7. The maximum absolute atomic E-state index is 12.2. The van der Waals surface area contributed by atoms with Crippen molar-refractivity contribution in [2.75, 3.05) is 13.1 Å². The van der Waals surface area contributed by atoms with Crippen LogP contribution >= 0.6 is 12.4 Å². The molecule has 1 fully saturated rings. The predicted octanol–water partition coefficient (Wildman–Crippen LogP) is 2.12. The number of amides is 1. The summed E-state index contributed by atoms with van der Waals surface area (Å²) in [5.74, 6) is -0.798. The number of hydrogen-bond acceptors (Lipinski definition) is 3. The van der Waals surface area contributed by atoms with E-state index >= 15 is 0 Å². The average Bonchev–Trinajstić information content (AvgIpc) is 2.87. The lowest BCUT2D eigenvalue weighted by atomic mass is 10.1. The molecule has 1 aliphatic heterocycles. The van der Waals surface area contributed by atoms with E-state index in [2.05, 4.69) is 0 Å². The molecule has 21 heavy (non-hydrogen) atoms. The first-order valence-corrected chi connectivity index (χ1v) is 6.72. The van der Waals surface area contributed by atoms with Gasteiger partial charge < -0.3 is 14.7 Å². The quantitative estimate of drug-likeness (QED) is 0.924. The Labute approximate surface area is 130 Å². The molecule has 5 nitrogen and oxygen atoms in total. The number of carboxylic acid groups (broad SMARTS) is 1. The van der Waals surface area contributed by atoms with E-state index in [1.54, 1.807) is 17.9 Å². The molecule has 0 aromatic heterocycles. The molecule has 1 aliphatic rings. The number of carboxylic acids is 1. The molecule has 1 aromatic rings. The SMILES string of the molecule is Cc1cccc(OC(C)C(=O)N2CCC(C(=O)O)C2)c1.Cl. The monoisotopic (exact) mass is 313 g/mol. The van der Waals surface area contributed by atoms with E-state index in [0.717, 1.165) is 5.56 Å². The van der Waals surface area contributed by atoms with Gasteiger partial charge in [0.1, 0.15) is 5.75 Å². The fraction of sp³-hybridized carbons (Fsp3) is 0.467. The van der Waals surface area contributed by atoms with Crippen LogP contribution < -0.4 is 4.74 Å². The summed E-state index contributed by atoms with van der Waals surface area (Å²) in [5.41, 5.74) is 1.06. The second-order valence-corrected chi connectivity index (χ2v) is 5.18. The van der Waals surface area contributed by atoms with Crippen molar-refractivity contribution in [3.63, 3.8) is 0 Å². The van der Waals surface area contributed by atoms with Gasteiger partial charge in [0.25, 0.3) is 5.91 Å². The minimum atomic E-state index is -0.840. The van der Waals surface area contributed by atoms with Gasteiger partial charge in [-0.15, -0.1) is 12.4 Å². The summed E-state index contributed by atoms with van der Waals surface area (Å²) in [6.07, 6.45) is -0.0949. The molecular formula is C15H20ClNO4. The Hall–Kier alpha value is -1.75. The number of benzene rings is 1. The van der Waals surface area contributed by atoms with Crippen molar-refractivity contribution in [2.24, 2.45) is 5.92 Å². The first-order chi connectivity index (χ1) is 9.47. The number of nitrogens with zero attached hydrogens (tertiary/aromatic N) is 1. The Balaban J connectivity index is 0.00000220. The third-order valence-corrected chi connectivity index (χ3v) is 3.50. The normalized spacial score (nSPS) is 18.8. The number of likely N-dealkylation sites (tertiary alicyclic amines) is 1. The molecule has 2 unspecified atom stereocenters. The van der Waals surface area contributed by atoms with Gasteiger partial charge in [-0.2, -0.15) is 0 Å². The number of carbonyl (C=O) groups excluding carboxylic acids is 1. The van der Waals surface area contributed by atoms with Crippen LogP contribution in [0.1, 0.15) is 18.9 Å². The molecular weight excluding hydrogens is 294 g/mol. The molecule has 1 N–H and O–H groups in total. The van der Waals surface area contributed by atoms with Crippen LogP contribution in [0.2, 0.25) is 0 Å². The van der Waals surface area contributed by atoms with E-state index in [9.17, 15) is 9.59 Å². The van der Waals surface area contributed by atoms with Gasteiger partial charge in [0, 0.05) is 13.1 Å². The van der Waals surface area contributed by atoms with Crippen LogP contribution in [0.25, 0.3) is 0 Å². The summed E-state index contributed by atoms with van der Waals surface area (Å²) >= 11 is 0. The molecule has 0 aliphatic carbocycles. The fourth-order valence-electron chi connectivity index (χ4n) is 2.36. The first-order valence-electron chi connectivity index (χ1n) is 6.72. The second kappa shape index (κ2) is 7.31. The molecule has 6 heteroatoms. The highest BCUT2D eigenvalue weighted by Crippen LogP contribution is 2.19. The van der Waals surface area contributed by atoms with Gasteiger partial charge in [0.05, 0.1) is 5.92 Å². The number of rotatable bonds is 4. The molecule has 1 amide bonds. The lowest BCUT2D eigenvalue weighted by molar-refractivity contribution is -0.142. The standard InChI is InChI=1S/C15H19NO4.ClH/c1-10-4-3-5-13(8-10)20-11(2)14(17)16-7-6-12(9-16)15(18)19;/h3-5,8,11-12H,6-7,9H2,1-2H3,(H,18,19);1H. The second-order valence-electron chi connectivity index (χ2n) is 5.18. The van der Waals surface area contributed by atoms with E-state index in [1.807, 2.05) is 25.1 Å². The third-order valence-electron chi connectivity index (χ3n) is 3.50. The van der Waals surface area contributed by atoms with Gasteiger partial charge in [0.2, 0.25) is 0 Å². The molecule has 1 heterocycles. The maximum atomic E-state index is 12.2. The molecule has 2 atom stereocenters. The molecule has 0 saturated carbocycles. The Morgan fingerprint density at radius 1 is 1.43 bits per heavy atom.